The highest BCUT2D eigenvalue weighted by Crippen LogP contribution is 2.26. The molecule has 1 amide bonds. The van der Waals surface area contributed by atoms with E-state index >= 15 is 0 Å². The Morgan fingerprint density at radius 3 is 2.53 bits per heavy atom. The van der Waals surface area contributed by atoms with E-state index < -0.39 is 0 Å². The van der Waals surface area contributed by atoms with Crippen molar-refractivity contribution in [2.75, 3.05) is 6.61 Å². The lowest BCUT2D eigenvalue weighted by atomic mass is 9.87. The van der Waals surface area contributed by atoms with Crippen molar-refractivity contribution in [2.24, 2.45) is 5.10 Å². The minimum absolute atomic E-state index is 0.0715. The van der Waals surface area contributed by atoms with Gasteiger partial charge in [0.05, 0.1) is 6.21 Å². The van der Waals surface area contributed by atoms with Crippen LogP contribution < -0.4 is 10.2 Å². The van der Waals surface area contributed by atoms with Crippen LogP contribution in [0.2, 0.25) is 5.02 Å². The molecule has 0 fully saturated rings. The molecule has 0 saturated heterocycles. The zero-order valence-corrected chi connectivity index (χ0v) is 18.3. The number of nitrogens with zero attached hydrogens (tertiary/aromatic N) is 1. The fourth-order valence-electron chi connectivity index (χ4n) is 2.72. The Bertz CT molecular complexity index is 1050. The highest BCUT2D eigenvalue weighted by atomic mass is 35.5. The van der Waals surface area contributed by atoms with E-state index in [1.54, 1.807) is 6.07 Å². The van der Waals surface area contributed by atoms with Crippen LogP contribution in [0.4, 0.5) is 0 Å². The molecule has 1 heterocycles. The van der Waals surface area contributed by atoms with E-state index in [0.29, 0.717) is 22.3 Å². The molecule has 6 heteroatoms. The van der Waals surface area contributed by atoms with Gasteiger partial charge in [0.25, 0.3) is 5.91 Å². The number of rotatable bonds is 6. The molecule has 0 spiro atoms. The number of halogens is 1. The lowest BCUT2D eigenvalue weighted by Gasteiger charge is -2.19. The number of ether oxygens (including phenoxy) is 1. The van der Waals surface area contributed by atoms with Crippen LogP contribution in [0.25, 0.3) is 11.3 Å². The van der Waals surface area contributed by atoms with Crippen LogP contribution >= 0.6 is 11.6 Å². The van der Waals surface area contributed by atoms with Crippen LogP contribution in [-0.4, -0.2) is 18.7 Å². The molecule has 5 nitrogen and oxygen atoms in total. The molecule has 0 unspecified atom stereocenters. The lowest BCUT2D eigenvalue weighted by molar-refractivity contribution is -0.123. The molecule has 1 aromatic heterocycles. The quantitative estimate of drug-likeness (QED) is 0.405. The van der Waals surface area contributed by atoms with Crippen molar-refractivity contribution in [1.82, 2.24) is 5.43 Å². The number of furan rings is 1. The van der Waals surface area contributed by atoms with Crippen molar-refractivity contribution < 1.29 is 13.9 Å². The Hall–Kier alpha value is -3.05. The molecule has 0 aliphatic carbocycles. The van der Waals surface area contributed by atoms with Gasteiger partial charge in [0.15, 0.2) is 6.61 Å². The normalized spacial score (nSPS) is 11.6. The molecule has 1 N–H and O–H groups in total. The van der Waals surface area contributed by atoms with E-state index in [1.165, 1.54) is 11.8 Å². The van der Waals surface area contributed by atoms with Crippen LogP contribution in [0.5, 0.6) is 5.75 Å². The second-order valence-corrected chi connectivity index (χ2v) is 8.43. The van der Waals surface area contributed by atoms with Gasteiger partial charge in [-0.25, -0.2) is 5.43 Å². The predicted octanol–water partition coefficient (Wildman–Crippen LogP) is 5.74. The summed E-state index contributed by atoms with van der Waals surface area (Å²) in [6.45, 7) is 8.25. The van der Waals surface area contributed by atoms with Gasteiger partial charge in [-0.2, -0.15) is 5.10 Å². The summed E-state index contributed by atoms with van der Waals surface area (Å²) in [6.07, 6.45) is 1.44. The van der Waals surface area contributed by atoms with Gasteiger partial charge in [-0.1, -0.05) is 56.6 Å². The Labute approximate surface area is 181 Å². The van der Waals surface area contributed by atoms with Gasteiger partial charge in [0.2, 0.25) is 0 Å². The summed E-state index contributed by atoms with van der Waals surface area (Å²) >= 11 is 6.16. The van der Waals surface area contributed by atoms with Crippen molar-refractivity contribution in [3.63, 3.8) is 0 Å². The molecule has 0 atom stereocenters. The predicted molar refractivity (Wildman–Crippen MR) is 120 cm³/mol. The molecule has 30 heavy (non-hydrogen) atoms. The molecule has 0 radical (unpaired) electrons. The molecule has 3 rings (SSSR count). The molecule has 0 bridgehead atoms. The van der Waals surface area contributed by atoms with Gasteiger partial charge in [-0.15, -0.1) is 0 Å². The lowest BCUT2D eigenvalue weighted by Crippen LogP contribution is -2.24. The van der Waals surface area contributed by atoms with Crippen LogP contribution in [0.1, 0.15) is 37.7 Å². The summed E-state index contributed by atoms with van der Waals surface area (Å²) < 4.78 is 11.2. The van der Waals surface area contributed by atoms with E-state index in [2.05, 4.69) is 31.3 Å². The monoisotopic (exact) mass is 424 g/mol. The van der Waals surface area contributed by atoms with Gasteiger partial charge in [-0.05, 0) is 53.8 Å². The van der Waals surface area contributed by atoms with Crippen LogP contribution in [0, 0.1) is 6.92 Å². The Morgan fingerprint density at radius 1 is 1.13 bits per heavy atom. The van der Waals surface area contributed by atoms with Crippen molar-refractivity contribution in [3.05, 3.63) is 76.5 Å². The summed E-state index contributed by atoms with van der Waals surface area (Å²) in [5.41, 5.74) is 5.58. The first-order valence-electron chi connectivity index (χ1n) is 9.64. The van der Waals surface area contributed by atoms with Gasteiger partial charge in [0.1, 0.15) is 17.3 Å². The van der Waals surface area contributed by atoms with Gasteiger partial charge in [0, 0.05) is 10.6 Å². The van der Waals surface area contributed by atoms with E-state index in [4.69, 9.17) is 20.8 Å². The number of hydrazone groups is 1. The van der Waals surface area contributed by atoms with Crippen LogP contribution in [-0.2, 0) is 10.2 Å². The average molecular weight is 425 g/mol. The minimum Gasteiger partial charge on any atom is -0.484 e. The third kappa shape index (κ3) is 5.74. The van der Waals surface area contributed by atoms with Crippen molar-refractivity contribution in [1.29, 1.82) is 0 Å². The summed E-state index contributed by atoms with van der Waals surface area (Å²) in [4.78, 5) is 11.9. The second kappa shape index (κ2) is 9.18. The third-order valence-electron chi connectivity index (χ3n) is 4.55. The summed E-state index contributed by atoms with van der Waals surface area (Å²) in [5, 5.41) is 4.59. The first-order valence-corrected chi connectivity index (χ1v) is 10.0. The molecule has 0 aliphatic rings. The summed E-state index contributed by atoms with van der Waals surface area (Å²) in [5.74, 6) is 1.46. The smallest absolute Gasteiger partial charge is 0.277 e. The highest BCUT2D eigenvalue weighted by molar-refractivity contribution is 6.31. The van der Waals surface area contributed by atoms with Crippen molar-refractivity contribution in [3.8, 4) is 17.1 Å². The van der Waals surface area contributed by atoms with Crippen molar-refractivity contribution >= 4 is 23.7 Å². The third-order valence-corrected chi connectivity index (χ3v) is 4.96. The first kappa shape index (κ1) is 21.7. The first-order chi connectivity index (χ1) is 14.2. The molecular weight excluding hydrogens is 400 g/mol. The largest absolute Gasteiger partial charge is 0.484 e. The van der Waals surface area contributed by atoms with Crippen molar-refractivity contribution in [2.45, 2.75) is 33.1 Å². The van der Waals surface area contributed by atoms with Gasteiger partial charge < -0.3 is 9.15 Å². The fraction of sp³-hybridized carbons (Fsp3) is 0.250. The maximum atomic E-state index is 11.9. The number of hydrogen-bond acceptors (Lipinski definition) is 4. The van der Waals surface area contributed by atoms with Gasteiger partial charge in [-0.3, -0.25) is 4.79 Å². The van der Waals surface area contributed by atoms with Gasteiger partial charge >= 0.3 is 0 Å². The molecule has 0 saturated carbocycles. The number of benzene rings is 2. The van der Waals surface area contributed by atoms with E-state index in [9.17, 15) is 4.79 Å². The molecule has 2 aromatic carbocycles. The number of aryl methyl sites for hydroxylation is 1. The second-order valence-electron chi connectivity index (χ2n) is 8.02. The summed E-state index contributed by atoms with van der Waals surface area (Å²) in [7, 11) is 0. The molecule has 3 aromatic rings. The number of carbonyl (C=O) groups is 1. The topological polar surface area (TPSA) is 63.8 Å². The number of nitrogens with one attached hydrogen (secondary N) is 1. The standard InChI is InChI=1S/C24H25ClN2O3/c1-16-5-6-17(13-21(16)25)22-12-11-20(30-22)14-26-27-23(28)15-29-19-9-7-18(8-10-19)24(2,3)4/h5-14H,15H2,1-4H3,(H,27,28)/b26-14+. The highest BCUT2D eigenvalue weighted by Gasteiger charge is 2.13. The zero-order valence-electron chi connectivity index (χ0n) is 17.5. The van der Waals surface area contributed by atoms with E-state index in [0.717, 1.165) is 11.1 Å². The average Bonchev–Trinajstić information content (AvgIpc) is 3.17. The number of hydrogen-bond donors (Lipinski definition) is 1. The Morgan fingerprint density at radius 2 is 1.87 bits per heavy atom. The van der Waals surface area contributed by atoms with E-state index in [1.807, 2.05) is 55.5 Å². The number of carbonyl (C=O) groups excluding carboxylic acids is 1. The maximum absolute atomic E-state index is 11.9. The maximum Gasteiger partial charge on any atom is 0.277 e. The minimum atomic E-state index is -0.358. The molecule has 156 valence electrons. The SMILES string of the molecule is Cc1ccc(-c2ccc(/C=N/NC(=O)COc3ccc(C(C)(C)C)cc3)o2)cc1Cl. The summed E-state index contributed by atoms with van der Waals surface area (Å²) in [6, 6.07) is 17.0. The van der Waals surface area contributed by atoms with E-state index in [-0.39, 0.29) is 17.9 Å². The Balaban J connectivity index is 1.50. The fourth-order valence-corrected chi connectivity index (χ4v) is 2.90. The van der Waals surface area contributed by atoms with Crippen LogP contribution in [0.15, 0.2) is 64.1 Å². The Kier molecular flexibility index (Phi) is 6.63. The zero-order chi connectivity index (χ0) is 21.7. The van der Waals surface area contributed by atoms with Crippen LogP contribution in [0.3, 0.4) is 0 Å². The molecule has 0 aliphatic heterocycles. The number of amides is 1. The molecular formula is C24H25ClN2O3.